The number of carbonyl (C=O) groups excluding carboxylic acids is 2. The van der Waals surface area contributed by atoms with Crippen molar-refractivity contribution in [2.24, 2.45) is 16.7 Å². The zero-order chi connectivity index (χ0) is 11.3. The molecule has 0 N–H and O–H groups in total. The Kier molecular flexibility index (Phi) is 2.29. The van der Waals surface area contributed by atoms with Crippen molar-refractivity contribution in [3.05, 3.63) is 0 Å². The first kappa shape index (κ1) is 10.8. The van der Waals surface area contributed by atoms with Gasteiger partial charge < -0.3 is 0 Å². The van der Waals surface area contributed by atoms with Crippen LogP contribution in [0.4, 0.5) is 0 Å². The summed E-state index contributed by atoms with van der Waals surface area (Å²) in [6, 6.07) is 0. The Morgan fingerprint density at radius 2 is 1.93 bits per heavy atom. The smallest absolute Gasteiger partial charge is 0.146 e. The summed E-state index contributed by atoms with van der Waals surface area (Å²) in [6.07, 6.45) is 3.80. The Hall–Kier alpha value is -0.660. The van der Waals surface area contributed by atoms with Crippen LogP contribution >= 0.6 is 0 Å². The molecule has 0 heterocycles. The second kappa shape index (κ2) is 3.16. The number of hydrogen-bond donors (Lipinski definition) is 0. The Morgan fingerprint density at radius 3 is 2.33 bits per heavy atom. The van der Waals surface area contributed by atoms with E-state index < -0.39 is 0 Å². The van der Waals surface area contributed by atoms with Crippen LogP contribution in [-0.4, -0.2) is 11.6 Å². The van der Waals surface area contributed by atoms with Crippen molar-refractivity contribution in [2.75, 3.05) is 0 Å². The van der Waals surface area contributed by atoms with Gasteiger partial charge in [-0.25, -0.2) is 0 Å². The molecule has 0 atom stereocenters. The van der Waals surface area contributed by atoms with Gasteiger partial charge >= 0.3 is 0 Å². The van der Waals surface area contributed by atoms with Crippen molar-refractivity contribution in [1.82, 2.24) is 0 Å². The van der Waals surface area contributed by atoms with Gasteiger partial charge in [-0.15, -0.1) is 0 Å². The Balaban J connectivity index is 2.03. The lowest BCUT2D eigenvalue weighted by atomic mass is 9.52. The molecule has 0 unspecified atom stereocenters. The summed E-state index contributed by atoms with van der Waals surface area (Å²) in [5.41, 5.74) is 0.116. The lowest BCUT2D eigenvalue weighted by Gasteiger charge is -2.50. The molecule has 0 radical (unpaired) electrons. The number of hydrogen-bond acceptors (Lipinski definition) is 2. The van der Waals surface area contributed by atoms with Gasteiger partial charge in [0.1, 0.15) is 11.6 Å². The number of ketones is 2. The lowest BCUT2D eigenvalue weighted by Crippen LogP contribution is -2.46. The standard InChI is InChI=1S/C13H20O2/c1-4-12(2,3)9-6-13(7-9)8-10(14)5-11(13)15/h9H,4-8H2,1-3H3. The summed E-state index contributed by atoms with van der Waals surface area (Å²) in [7, 11) is 0. The first-order valence-electron chi connectivity index (χ1n) is 5.95. The molecule has 15 heavy (non-hydrogen) atoms. The van der Waals surface area contributed by atoms with Gasteiger partial charge in [0.25, 0.3) is 0 Å². The van der Waals surface area contributed by atoms with Gasteiger partial charge in [-0.2, -0.15) is 0 Å². The van der Waals surface area contributed by atoms with Crippen molar-refractivity contribution < 1.29 is 9.59 Å². The molecule has 2 nitrogen and oxygen atoms in total. The van der Waals surface area contributed by atoms with Crippen LogP contribution in [0.2, 0.25) is 0 Å². The average Bonchev–Trinajstić information content (AvgIpc) is 2.38. The van der Waals surface area contributed by atoms with Gasteiger partial charge in [0, 0.05) is 11.8 Å². The highest BCUT2D eigenvalue weighted by Crippen LogP contribution is 2.58. The fourth-order valence-electron chi connectivity index (χ4n) is 3.00. The molecule has 0 amide bonds. The quantitative estimate of drug-likeness (QED) is 0.654. The molecule has 0 aromatic rings. The highest BCUT2D eigenvalue weighted by atomic mass is 16.2. The highest BCUT2D eigenvalue weighted by Gasteiger charge is 2.57. The molecule has 2 heteroatoms. The molecule has 84 valence electrons. The lowest BCUT2D eigenvalue weighted by molar-refractivity contribution is -0.137. The maximum Gasteiger partial charge on any atom is 0.146 e. The van der Waals surface area contributed by atoms with Crippen LogP contribution in [0.15, 0.2) is 0 Å². The van der Waals surface area contributed by atoms with Crippen molar-refractivity contribution in [3.63, 3.8) is 0 Å². The molecular weight excluding hydrogens is 188 g/mol. The molecule has 2 aliphatic carbocycles. The van der Waals surface area contributed by atoms with Gasteiger partial charge in [0.2, 0.25) is 0 Å². The SMILES string of the molecule is CCC(C)(C)C1CC2(CC(=O)CC2=O)C1. The van der Waals surface area contributed by atoms with Crippen molar-refractivity contribution in [1.29, 1.82) is 0 Å². The molecule has 1 spiro atoms. The fourth-order valence-corrected chi connectivity index (χ4v) is 3.00. The van der Waals surface area contributed by atoms with Crippen LogP contribution in [-0.2, 0) is 9.59 Å². The van der Waals surface area contributed by atoms with E-state index >= 15 is 0 Å². The maximum absolute atomic E-state index is 11.7. The summed E-state index contributed by atoms with van der Waals surface area (Å²) in [4.78, 5) is 23.0. The Labute approximate surface area is 91.4 Å². The predicted molar refractivity (Wildman–Crippen MR) is 58.5 cm³/mol. The summed E-state index contributed by atoms with van der Waals surface area (Å²) in [5.74, 6) is 1.01. The fraction of sp³-hybridized carbons (Fsp3) is 0.846. The van der Waals surface area contributed by atoms with Gasteiger partial charge in [-0.1, -0.05) is 27.2 Å². The highest BCUT2D eigenvalue weighted by molar-refractivity contribution is 6.09. The predicted octanol–water partition coefficient (Wildman–Crippen LogP) is 2.75. The van der Waals surface area contributed by atoms with Crippen molar-refractivity contribution in [3.8, 4) is 0 Å². The van der Waals surface area contributed by atoms with E-state index in [-0.39, 0.29) is 23.4 Å². The monoisotopic (exact) mass is 208 g/mol. The summed E-state index contributed by atoms with van der Waals surface area (Å²) in [5, 5.41) is 0. The molecule has 0 aromatic carbocycles. The average molecular weight is 208 g/mol. The minimum absolute atomic E-state index is 0.160. The van der Waals surface area contributed by atoms with Crippen LogP contribution in [0.5, 0.6) is 0 Å². The van der Waals surface area contributed by atoms with E-state index in [1.165, 1.54) is 0 Å². The van der Waals surface area contributed by atoms with Crippen LogP contribution in [0, 0.1) is 16.7 Å². The van der Waals surface area contributed by atoms with E-state index in [0.29, 0.717) is 17.8 Å². The molecule has 0 aromatic heterocycles. The molecule has 2 rings (SSSR count). The first-order valence-corrected chi connectivity index (χ1v) is 5.95. The van der Waals surface area contributed by atoms with Gasteiger partial charge in [-0.05, 0) is 24.2 Å². The third-order valence-electron chi connectivity index (χ3n) is 4.78. The van der Waals surface area contributed by atoms with E-state index in [1.807, 2.05) is 0 Å². The van der Waals surface area contributed by atoms with E-state index in [2.05, 4.69) is 20.8 Å². The van der Waals surface area contributed by atoms with Crippen LogP contribution in [0.3, 0.4) is 0 Å². The van der Waals surface area contributed by atoms with E-state index in [0.717, 1.165) is 19.3 Å². The Morgan fingerprint density at radius 1 is 1.33 bits per heavy atom. The number of rotatable bonds is 2. The molecule has 0 bridgehead atoms. The first-order chi connectivity index (χ1) is 6.89. The summed E-state index contributed by atoms with van der Waals surface area (Å²) >= 11 is 0. The summed E-state index contributed by atoms with van der Waals surface area (Å²) in [6.45, 7) is 6.74. The molecular formula is C13H20O2. The van der Waals surface area contributed by atoms with E-state index in [4.69, 9.17) is 0 Å². The summed E-state index contributed by atoms with van der Waals surface area (Å²) < 4.78 is 0. The van der Waals surface area contributed by atoms with E-state index in [1.54, 1.807) is 0 Å². The molecule has 2 fully saturated rings. The minimum atomic E-state index is -0.214. The van der Waals surface area contributed by atoms with Crippen molar-refractivity contribution in [2.45, 2.75) is 52.9 Å². The minimum Gasteiger partial charge on any atom is -0.299 e. The van der Waals surface area contributed by atoms with Crippen LogP contribution < -0.4 is 0 Å². The van der Waals surface area contributed by atoms with Gasteiger partial charge in [0.05, 0.1) is 6.42 Å². The van der Waals surface area contributed by atoms with Gasteiger partial charge in [0.15, 0.2) is 0 Å². The molecule has 2 aliphatic rings. The van der Waals surface area contributed by atoms with Crippen LogP contribution in [0.25, 0.3) is 0 Å². The normalized spacial score (nSPS) is 36.1. The Bertz CT molecular complexity index is 308. The number of Topliss-reactive ketones (excluding diaryl/α,β-unsaturated/α-hetero) is 2. The topological polar surface area (TPSA) is 34.1 Å². The second-order valence-corrected chi connectivity index (χ2v) is 6.04. The molecule has 0 saturated heterocycles. The van der Waals surface area contributed by atoms with E-state index in [9.17, 15) is 9.59 Å². The molecule has 2 saturated carbocycles. The molecule has 0 aliphatic heterocycles. The zero-order valence-corrected chi connectivity index (χ0v) is 9.93. The van der Waals surface area contributed by atoms with Crippen molar-refractivity contribution >= 4 is 11.6 Å². The van der Waals surface area contributed by atoms with Crippen LogP contribution in [0.1, 0.15) is 52.9 Å². The zero-order valence-electron chi connectivity index (χ0n) is 9.93. The third-order valence-corrected chi connectivity index (χ3v) is 4.78. The van der Waals surface area contributed by atoms with Gasteiger partial charge in [-0.3, -0.25) is 9.59 Å². The maximum atomic E-state index is 11.7. The second-order valence-electron chi connectivity index (χ2n) is 6.04. The largest absolute Gasteiger partial charge is 0.299 e. The number of carbonyl (C=O) groups is 2. The third kappa shape index (κ3) is 1.54.